The standard InChI is InChI=1S/C13H12F2N2/c14-11-5-2-6-12(15)13(11)17-8-9-3-1-4-10(16)7-9/h1-7,17H,8,16H2. The molecule has 2 aromatic rings. The molecule has 2 rings (SSSR count). The van der Waals surface area contributed by atoms with Crippen molar-refractivity contribution in [1.29, 1.82) is 0 Å². The molecular formula is C13H12F2N2. The van der Waals surface area contributed by atoms with Gasteiger partial charge >= 0.3 is 0 Å². The Labute approximate surface area is 98.1 Å². The fourth-order valence-corrected chi connectivity index (χ4v) is 1.56. The number of halogens is 2. The minimum Gasteiger partial charge on any atom is -0.399 e. The Hall–Kier alpha value is -2.10. The van der Waals surface area contributed by atoms with Gasteiger partial charge < -0.3 is 11.1 Å². The van der Waals surface area contributed by atoms with Crippen LogP contribution < -0.4 is 11.1 Å². The average molecular weight is 234 g/mol. The highest BCUT2D eigenvalue weighted by Gasteiger charge is 2.07. The van der Waals surface area contributed by atoms with Gasteiger partial charge in [-0.15, -0.1) is 0 Å². The van der Waals surface area contributed by atoms with E-state index in [4.69, 9.17) is 5.73 Å². The van der Waals surface area contributed by atoms with E-state index in [0.717, 1.165) is 5.56 Å². The fraction of sp³-hybridized carbons (Fsp3) is 0.0769. The third-order valence-electron chi connectivity index (χ3n) is 2.38. The van der Waals surface area contributed by atoms with Gasteiger partial charge in [-0.2, -0.15) is 0 Å². The third kappa shape index (κ3) is 2.72. The van der Waals surface area contributed by atoms with Crippen molar-refractivity contribution in [2.24, 2.45) is 0 Å². The van der Waals surface area contributed by atoms with Crippen molar-refractivity contribution in [3.63, 3.8) is 0 Å². The molecule has 4 heteroatoms. The summed E-state index contributed by atoms with van der Waals surface area (Å²) in [5.41, 5.74) is 6.99. The first-order valence-corrected chi connectivity index (χ1v) is 5.19. The van der Waals surface area contributed by atoms with Crippen LogP contribution >= 0.6 is 0 Å². The Bertz CT molecular complexity index is 506. The summed E-state index contributed by atoms with van der Waals surface area (Å²) >= 11 is 0. The summed E-state index contributed by atoms with van der Waals surface area (Å²) in [5, 5.41) is 2.72. The maximum Gasteiger partial charge on any atom is 0.149 e. The molecule has 0 fully saturated rings. The van der Waals surface area contributed by atoms with E-state index < -0.39 is 11.6 Å². The average Bonchev–Trinajstić information content (AvgIpc) is 2.28. The van der Waals surface area contributed by atoms with E-state index in [1.807, 2.05) is 6.07 Å². The topological polar surface area (TPSA) is 38.0 Å². The summed E-state index contributed by atoms with van der Waals surface area (Å²) in [7, 11) is 0. The van der Waals surface area contributed by atoms with Crippen LogP contribution in [0.3, 0.4) is 0 Å². The van der Waals surface area contributed by atoms with Crippen molar-refractivity contribution in [3.8, 4) is 0 Å². The lowest BCUT2D eigenvalue weighted by molar-refractivity contribution is 0.588. The van der Waals surface area contributed by atoms with Gasteiger partial charge in [-0.3, -0.25) is 0 Å². The van der Waals surface area contributed by atoms with Crippen molar-refractivity contribution in [2.75, 3.05) is 11.1 Å². The molecular weight excluding hydrogens is 222 g/mol. The molecule has 0 aliphatic heterocycles. The second-order valence-electron chi connectivity index (χ2n) is 3.70. The maximum atomic E-state index is 13.3. The van der Waals surface area contributed by atoms with Crippen LogP contribution in [0.1, 0.15) is 5.56 Å². The van der Waals surface area contributed by atoms with E-state index >= 15 is 0 Å². The van der Waals surface area contributed by atoms with Gasteiger partial charge in [-0.05, 0) is 29.8 Å². The number of para-hydroxylation sites is 1. The Morgan fingerprint density at radius 2 is 1.65 bits per heavy atom. The van der Waals surface area contributed by atoms with Crippen LogP contribution in [0.2, 0.25) is 0 Å². The molecule has 3 N–H and O–H groups in total. The molecule has 0 aromatic heterocycles. The van der Waals surface area contributed by atoms with Crippen LogP contribution in [0.25, 0.3) is 0 Å². The smallest absolute Gasteiger partial charge is 0.149 e. The maximum absolute atomic E-state index is 13.3. The minimum absolute atomic E-state index is 0.116. The predicted molar refractivity (Wildman–Crippen MR) is 64.5 cm³/mol. The summed E-state index contributed by atoms with van der Waals surface area (Å²) in [5.74, 6) is -1.21. The van der Waals surface area contributed by atoms with Gasteiger partial charge in [0.25, 0.3) is 0 Å². The van der Waals surface area contributed by atoms with Crippen molar-refractivity contribution in [2.45, 2.75) is 6.54 Å². The molecule has 0 aliphatic rings. The first-order chi connectivity index (χ1) is 8.16. The highest BCUT2D eigenvalue weighted by Crippen LogP contribution is 2.19. The van der Waals surface area contributed by atoms with E-state index in [1.54, 1.807) is 18.2 Å². The molecule has 0 saturated carbocycles. The van der Waals surface area contributed by atoms with Crippen LogP contribution in [0.5, 0.6) is 0 Å². The number of nitrogens with one attached hydrogen (secondary N) is 1. The van der Waals surface area contributed by atoms with E-state index in [9.17, 15) is 8.78 Å². The molecule has 0 amide bonds. The van der Waals surface area contributed by atoms with Crippen molar-refractivity contribution in [1.82, 2.24) is 0 Å². The number of hydrogen-bond acceptors (Lipinski definition) is 2. The fourth-order valence-electron chi connectivity index (χ4n) is 1.56. The molecule has 0 heterocycles. The number of benzene rings is 2. The lowest BCUT2D eigenvalue weighted by atomic mass is 10.2. The van der Waals surface area contributed by atoms with E-state index in [0.29, 0.717) is 12.2 Å². The Morgan fingerprint density at radius 3 is 2.29 bits per heavy atom. The Balaban J connectivity index is 2.13. The number of rotatable bonds is 3. The number of nitrogen functional groups attached to an aromatic ring is 1. The van der Waals surface area contributed by atoms with Crippen LogP contribution in [0.15, 0.2) is 42.5 Å². The van der Waals surface area contributed by atoms with Crippen molar-refractivity contribution >= 4 is 11.4 Å². The molecule has 0 unspecified atom stereocenters. The zero-order valence-corrected chi connectivity index (χ0v) is 9.08. The molecule has 88 valence electrons. The van der Waals surface area contributed by atoms with Gasteiger partial charge in [0, 0.05) is 12.2 Å². The molecule has 0 radical (unpaired) electrons. The summed E-state index contributed by atoms with van der Waals surface area (Å²) in [6.07, 6.45) is 0. The third-order valence-corrected chi connectivity index (χ3v) is 2.38. The molecule has 2 nitrogen and oxygen atoms in total. The van der Waals surface area contributed by atoms with Gasteiger partial charge in [0.15, 0.2) is 0 Å². The van der Waals surface area contributed by atoms with Gasteiger partial charge in [0.2, 0.25) is 0 Å². The van der Waals surface area contributed by atoms with Crippen LogP contribution in [-0.2, 0) is 6.54 Å². The summed E-state index contributed by atoms with van der Waals surface area (Å²) < 4.78 is 26.6. The number of anilines is 2. The van der Waals surface area contributed by atoms with Crippen molar-refractivity contribution < 1.29 is 8.78 Å². The zero-order chi connectivity index (χ0) is 12.3. The first kappa shape index (κ1) is 11.4. The van der Waals surface area contributed by atoms with Gasteiger partial charge in [0.1, 0.15) is 17.3 Å². The normalized spacial score (nSPS) is 10.2. The van der Waals surface area contributed by atoms with Crippen LogP contribution in [-0.4, -0.2) is 0 Å². The van der Waals surface area contributed by atoms with Gasteiger partial charge in [0.05, 0.1) is 0 Å². The molecule has 0 bridgehead atoms. The molecule has 0 spiro atoms. The van der Waals surface area contributed by atoms with E-state index in [1.165, 1.54) is 18.2 Å². The highest BCUT2D eigenvalue weighted by atomic mass is 19.1. The SMILES string of the molecule is Nc1cccc(CNc2c(F)cccc2F)c1. The minimum atomic E-state index is -0.603. The van der Waals surface area contributed by atoms with Gasteiger partial charge in [-0.1, -0.05) is 18.2 Å². The first-order valence-electron chi connectivity index (χ1n) is 5.19. The van der Waals surface area contributed by atoms with Crippen LogP contribution in [0.4, 0.5) is 20.2 Å². The molecule has 0 saturated heterocycles. The quantitative estimate of drug-likeness (QED) is 0.800. The van der Waals surface area contributed by atoms with E-state index in [-0.39, 0.29) is 5.69 Å². The molecule has 2 aromatic carbocycles. The predicted octanol–water partition coefficient (Wildman–Crippen LogP) is 3.16. The van der Waals surface area contributed by atoms with Gasteiger partial charge in [-0.25, -0.2) is 8.78 Å². The number of hydrogen-bond donors (Lipinski definition) is 2. The molecule has 0 aliphatic carbocycles. The Morgan fingerprint density at radius 1 is 1.00 bits per heavy atom. The number of nitrogens with two attached hydrogens (primary N) is 1. The monoisotopic (exact) mass is 234 g/mol. The summed E-state index contributed by atoms with van der Waals surface area (Å²) in [6, 6.07) is 10.9. The highest BCUT2D eigenvalue weighted by molar-refractivity contribution is 5.48. The lowest BCUT2D eigenvalue weighted by Gasteiger charge is -2.09. The summed E-state index contributed by atoms with van der Waals surface area (Å²) in [4.78, 5) is 0. The molecule has 17 heavy (non-hydrogen) atoms. The largest absolute Gasteiger partial charge is 0.399 e. The second-order valence-corrected chi connectivity index (χ2v) is 3.70. The molecule has 0 atom stereocenters. The lowest BCUT2D eigenvalue weighted by Crippen LogP contribution is -2.04. The second kappa shape index (κ2) is 4.82. The zero-order valence-electron chi connectivity index (χ0n) is 9.08. The Kier molecular flexibility index (Phi) is 3.23. The summed E-state index contributed by atoms with van der Waals surface area (Å²) in [6.45, 7) is 0.322. The van der Waals surface area contributed by atoms with E-state index in [2.05, 4.69) is 5.32 Å². The van der Waals surface area contributed by atoms with Crippen LogP contribution in [0, 0.1) is 11.6 Å². The van der Waals surface area contributed by atoms with Crippen molar-refractivity contribution in [3.05, 3.63) is 59.7 Å².